The molecule has 30 heavy (non-hydrogen) atoms. The van der Waals surface area contributed by atoms with Gasteiger partial charge >= 0.3 is 0 Å². The number of nitrogens with zero attached hydrogens (tertiary/aromatic N) is 1. The summed E-state index contributed by atoms with van der Waals surface area (Å²) in [6.45, 7) is 3.14. The van der Waals surface area contributed by atoms with Crippen molar-refractivity contribution in [3.05, 3.63) is 87.9 Å². The van der Waals surface area contributed by atoms with Crippen molar-refractivity contribution in [3.63, 3.8) is 0 Å². The number of sulfonamides is 1. The lowest BCUT2D eigenvalue weighted by Crippen LogP contribution is -2.38. The average molecular weight is 463 g/mol. The minimum Gasteiger partial charge on any atom is -0.324 e. The third-order valence-electron chi connectivity index (χ3n) is 4.58. The van der Waals surface area contributed by atoms with Gasteiger partial charge in [-0.25, -0.2) is 8.42 Å². The Hall–Kier alpha value is -2.54. The molecular formula is C22H20Cl2N2O3S. The number of carbonyl (C=O) groups is 1. The van der Waals surface area contributed by atoms with E-state index < -0.39 is 22.5 Å². The molecule has 0 radical (unpaired) electrons. The second-order valence-electron chi connectivity index (χ2n) is 6.72. The first-order chi connectivity index (χ1) is 14.2. The van der Waals surface area contributed by atoms with Crippen molar-refractivity contribution in [2.45, 2.75) is 18.7 Å². The molecule has 1 amide bonds. The molecular weight excluding hydrogens is 443 g/mol. The van der Waals surface area contributed by atoms with Crippen LogP contribution in [0.2, 0.25) is 10.0 Å². The fraction of sp³-hybridized carbons (Fsp3) is 0.136. The van der Waals surface area contributed by atoms with E-state index in [0.29, 0.717) is 27.0 Å². The fourth-order valence-corrected chi connectivity index (χ4v) is 4.74. The summed E-state index contributed by atoms with van der Waals surface area (Å²) >= 11 is 12.3. The molecule has 0 aromatic heterocycles. The summed E-state index contributed by atoms with van der Waals surface area (Å²) in [4.78, 5) is 12.9. The van der Waals surface area contributed by atoms with E-state index in [-0.39, 0.29) is 4.90 Å². The highest BCUT2D eigenvalue weighted by Gasteiger charge is 2.28. The van der Waals surface area contributed by atoms with Crippen molar-refractivity contribution in [1.29, 1.82) is 0 Å². The number of aryl methyl sites for hydroxylation is 1. The third kappa shape index (κ3) is 4.78. The molecule has 0 saturated heterocycles. The van der Waals surface area contributed by atoms with Crippen LogP contribution in [0.25, 0.3) is 0 Å². The molecule has 3 aromatic rings. The van der Waals surface area contributed by atoms with Gasteiger partial charge in [-0.3, -0.25) is 9.10 Å². The molecule has 0 aliphatic rings. The molecule has 0 saturated carbocycles. The van der Waals surface area contributed by atoms with Gasteiger partial charge in [-0.15, -0.1) is 0 Å². The summed E-state index contributed by atoms with van der Waals surface area (Å²) < 4.78 is 27.8. The van der Waals surface area contributed by atoms with Crippen molar-refractivity contribution in [3.8, 4) is 0 Å². The Morgan fingerprint density at radius 1 is 0.933 bits per heavy atom. The lowest BCUT2D eigenvalue weighted by molar-refractivity contribution is -0.114. The van der Waals surface area contributed by atoms with Crippen LogP contribution in [-0.2, 0) is 14.8 Å². The SMILES string of the molecule is Cc1ccc(NC(=O)CN(c2cccc(Cl)c2C)S(=O)(=O)c2ccccc2)cc1Cl. The Morgan fingerprint density at radius 3 is 2.30 bits per heavy atom. The maximum atomic E-state index is 13.4. The minimum atomic E-state index is -4.01. The van der Waals surface area contributed by atoms with Crippen molar-refractivity contribution in [2.75, 3.05) is 16.2 Å². The highest BCUT2D eigenvalue weighted by molar-refractivity contribution is 7.92. The number of benzene rings is 3. The van der Waals surface area contributed by atoms with Gasteiger partial charge < -0.3 is 5.32 Å². The largest absolute Gasteiger partial charge is 0.324 e. The minimum absolute atomic E-state index is 0.0792. The molecule has 0 aliphatic heterocycles. The van der Waals surface area contributed by atoms with E-state index in [0.717, 1.165) is 9.87 Å². The van der Waals surface area contributed by atoms with Gasteiger partial charge in [-0.1, -0.05) is 53.5 Å². The molecule has 3 rings (SSSR count). The zero-order valence-corrected chi connectivity index (χ0v) is 18.7. The van der Waals surface area contributed by atoms with Crippen LogP contribution >= 0.6 is 23.2 Å². The van der Waals surface area contributed by atoms with E-state index >= 15 is 0 Å². The molecule has 5 nitrogen and oxygen atoms in total. The zero-order valence-electron chi connectivity index (χ0n) is 16.4. The van der Waals surface area contributed by atoms with E-state index in [9.17, 15) is 13.2 Å². The Bertz CT molecular complexity index is 1180. The van der Waals surface area contributed by atoms with E-state index in [2.05, 4.69) is 5.32 Å². The first kappa shape index (κ1) is 22.2. The van der Waals surface area contributed by atoms with Crippen molar-refractivity contribution < 1.29 is 13.2 Å². The van der Waals surface area contributed by atoms with Crippen LogP contribution in [0, 0.1) is 13.8 Å². The van der Waals surface area contributed by atoms with Crippen molar-refractivity contribution >= 4 is 50.5 Å². The average Bonchev–Trinajstić information content (AvgIpc) is 2.72. The number of hydrogen-bond acceptors (Lipinski definition) is 3. The molecule has 0 bridgehead atoms. The maximum Gasteiger partial charge on any atom is 0.264 e. The number of halogens is 2. The first-order valence-corrected chi connectivity index (χ1v) is 11.3. The third-order valence-corrected chi connectivity index (χ3v) is 7.17. The molecule has 8 heteroatoms. The maximum absolute atomic E-state index is 13.4. The molecule has 0 spiro atoms. The van der Waals surface area contributed by atoms with Gasteiger partial charge in [0.15, 0.2) is 0 Å². The predicted octanol–water partition coefficient (Wildman–Crippen LogP) is 5.44. The fourth-order valence-electron chi connectivity index (χ4n) is 2.89. The Balaban J connectivity index is 1.98. The van der Waals surface area contributed by atoms with Crippen LogP contribution < -0.4 is 9.62 Å². The van der Waals surface area contributed by atoms with Crippen LogP contribution in [0.5, 0.6) is 0 Å². The zero-order chi connectivity index (χ0) is 21.9. The van der Waals surface area contributed by atoms with Crippen molar-refractivity contribution in [2.24, 2.45) is 0 Å². The summed E-state index contributed by atoms with van der Waals surface area (Å²) in [7, 11) is -4.01. The number of carbonyl (C=O) groups excluding carboxylic acids is 1. The van der Waals surface area contributed by atoms with Crippen molar-refractivity contribution in [1.82, 2.24) is 0 Å². The topological polar surface area (TPSA) is 66.5 Å². The van der Waals surface area contributed by atoms with Gasteiger partial charge in [0.05, 0.1) is 10.6 Å². The van der Waals surface area contributed by atoms with Crippen LogP contribution in [-0.4, -0.2) is 20.9 Å². The molecule has 0 aliphatic carbocycles. The predicted molar refractivity (Wildman–Crippen MR) is 122 cm³/mol. The van der Waals surface area contributed by atoms with Crippen LogP contribution in [0.15, 0.2) is 71.6 Å². The van der Waals surface area contributed by atoms with Gasteiger partial charge in [0, 0.05) is 15.7 Å². The van der Waals surface area contributed by atoms with Crippen LogP contribution in [0.3, 0.4) is 0 Å². The lowest BCUT2D eigenvalue weighted by atomic mass is 10.2. The molecule has 0 atom stereocenters. The number of nitrogens with one attached hydrogen (secondary N) is 1. The molecule has 0 heterocycles. The number of anilines is 2. The Kier molecular flexibility index (Phi) is 6.71. The Labute approximate surface area is 186 Å². The highest BCUT2D eigenvalue weighted by atomic mass is 35.5. The highest BCUT2D eigenvalue weighted by Crippen LogP contribution is 2.31. The summed E-state index contributed by atoms with van der Waals surface area (Å²) in [6.07, 6.45) is 0. The van der Waals surface area contributed by atoms with Gasteiger partial charge in [0.25, 0.3) is 10.0 Å². The van der Waals surface area contributed by atoms with Gasteiger partial charge in [-0.2, -0.15) is 0 Å². The van der Waals surface area contributed by atoms with Crippen LogP contribution in [0.1, 0.15) is 11.1 Å². The summed E-state index contributed by atoms with van der Waals surface area (Å²) in [5.74, 6) is -0.506. The Morgan fingerprint density at radius 2 is 1.63 bits per heavy atom. The van der Waals surface area contributed by atoms with Gasteiger partial charge in [0.2, 0.25) is 5.91 Å². The van der Waals surface area contributed by atoms with E-state index in [4.69, 9.17) is 23.2 Å². The van der Waals surface area contributed by atoms with E-state index in [1.165, 1.54) is 12.1 Å². The molecule has 0 unspecified atom stereocenters. The number of amides is 1. The monoisotopic (exact) mass is 462 g/mol. The van der Waals surface area contributed by atoms with Crippen LogP contribution in [0.4, 0.5) is 11.4 Å². The normalized spacial score (nSPS) is 11.2. The second-order valence-corrected chi connectivity index (χ2v) is 9.40. The second kappa shape index (κ2) is 9.08. The lowest BCUT2D eigenvalue weighted by Gasteiger charge is -2.26. The molecule has 0 fully saturated rings. The van der Waals surface area contributed by atoms with Gasteiger partial charge in [0.1, 0.15) is 6.54 Å². The summed E-state index contributed by atoms with van der Waals surface area (Å²) in [5, 5.41) is 3.62. The number of hydrogen-bond donors (Lipinski definition) is 1. The van der Waals surface area contributed by atoms with Gasteiger partial charge in [-0.05, 0) is 61.4 Å². The smallest absolute Gasteiger partial charge is 0.264 e. The first-order valence-electron chi connectivity index (χ1n) is 9.09. The summed E-state index contributed by atoms with van der Waals surface area (Å²) in [5.41, 5.74) is 2.25. The molecule has 1 N–H and O–H groups in total. The molecule has 156 valence electrons. The standard InChI is InChI=1S/C22H20Cl2N2O3S/c1-15-11-12-17(13-20(15)24)25-22(27)14-26(21-10-6-9-19(23)16(21)2)30(28,29)18-7-4-3-5-8-18/h3-13H,14H2,1-2H3,(H,25,27). The summed E-state index contributed by atoms with van der Waals surface area (Å²) in [6, 6.07) is 18.0. The van der Waals surface area contributed by atoms with E-state index in [1.807, 2.05) is 6.92 Å². The number of rotatable bonds is 6. The van der Waals surface area contributed by atoms with E-state index in [1.54, 1.807) is 61.5 Å². The quantitative estimate of drug-likeness (QED) is 0.529. The molecule has 3 aromatic carbocycles.